The van der Waals surface area contributed by atoms with E-state index in [1.165, 1.54) is 23.0 Å². The van der Waals surface area contributed by atoms with Gasteiger partial charge in [-0.25, -0.2) is 9.79 Å². The van der Waals surface area contributed by atoms with Crippen LogP contribution >= 0.6 is 27.3 Å². The van der Waals surface area contributed by atoms with Crippen molar-refractivity contribution < 1.29 is 28.2 Å². The maximum Gasteiger partial charge on any atom is 0.338 e. The van der Waals surface area contributed by atoms with Crippen LogP contribution in [0, 0.1) is 0 Å². The molecular weight excluding hydrogens is 650 g/mol. The lowest BCUT2D eigenvalue weighted by Crippen LogP contribution is -2.40. The molecule has 44 heavy (non-hydrogen) atoms. The Morgan fingerprint density at radius 1 is 1.09 bits per heavy atom. The first-order valence-electron chi connectivity index (χ1n) is 14.1. The van der Waals surface area contributed by atoms with E-state index >= 15 is 0 Å². The zero-order chi connectivity index (χ0) is 30.8. The molecule has 0 bridgehead atoms. The number of methoxy groups -OCH3 is 2. The molecular formula is C32H30BrN3O7S. The first-order chi connectivity index (χ1) is 21.4. The number of thiazole rings is 1. The van der Waals surface area contributed by atoms with Gasteiger partial charge in [0.15, 0.2) is 16.3 Å². The van der Waals surface area contributed by atoms with E-state index in [2.05, 4.69) is 20.8 Å². The lowest BCUT2D eigenvalue weighted by atomic mass is 9.93. The fourth-order valence-corrected chi connectivity index (χ4v) is 6.88. The van der Waals surface area contributed by atoms with Crippen LogP contribution in [0.2, 0.25) is 0 Å². The molecule has 1 atom stereocenters. The molecule has 2 aliphatic heterocycles. The van der Waals surface area contributed by atoms with E-state index < -0.39 is 12.0 Å². The molecule has 12 heteroatoms. The van der Waals surface area contributed by atoms with E-state index in [1.807, 2.05) is 42.5 Å². The average Bonchev–Trinajstić information content (AvgIpc) is 3.58. The molecule has 0 aliphatic carbocycles. The smallest absolute Gasteiger partial charge is 0.338 e. The van der Waals surface area contributed by atoms with Gasteiger partial charge in [-0.15, -0.1) is 0 Å². The van der Waals surface area contributed by atoms with E-state index in [-0.39, 0.29) is 17.7 Å². The second-order valence-corrected chi connectivity index (χ2v) is 11.8. The fraction of sp³-hybridized carbons (Fsp3) is 0.281. The van der Waals surface area contributed by atoms with Gasteiger partial charge in [0.05, 0.1) is 60.4 Å². The number of benzene rings is 2. The van der Waals surface area contributed by atoms with Crippen molar-refractivity contribution in [3.05, 3.63) is 101 Å². The Labute approximate surface area is 265 Å². The minimum absolute atomic E-state index is 0.159. The van der Waals surface area contributed by atoms with Crippen LogP contribution in [0.3, 0.4) is 0 Å². The average molecular weight is 681 g/mol. The SMILES string of the molecule is CCOC(=O)C1=C(c2ccccc2)N=c2s/c(=C/c3cc(Br)c(N4CCOCC4)o3)c(=O)n2[C@@H]1c1ccc(OC)c(OC)c1. The van der Waals surface area contributed by atoms with Crippen molar-refractivity contribution in [1.82, 2.24) is 4.57 Å². The van der Waals surface area contributed by atoms with Gasteiger partial charge in [0.2, 0.25) is 5.88 Å². The summed E-state index contributed by atoms with van der Waals surface area (Å²) in [5.74, 6) is 1.62. The summed E-state index contributed by atoms with van der Waals surface area (Å²) < 4.78 is 31.0. The molecule has 6 rings (SSSR count). The topological polar surface area (TPSA) is 105 Å². The molecule has 0 radical (unpaired) electrons. The number of rotatable bonds is 8. The predicted molar refractivity (Wildman–Crippen MR) is 170 cm³/mol. The van der Waals surface area contributed by atoms with E-state index in [4.69, 9.17) is 28.4 Å². The Bertz CT molecular complexity index is 1910. The molecule has 1 saturated heterocycles. The van der Waals surface area contributed by atoms with Crippen molar-refractivity contribution in [2.24, 2.45) is 4.99 Å². The summed E-state index contributed by atoms with van der Waals surface area (Å²) in [5, 5.41) is 0. The van der Waals surface area contributed by atoms with Gasteiger partial charge in [0, 0.05) is 30.8 Å². The normalized spacial score (nSPS) is 16.9. The fourth-order valence-electron chi connectivity index (χ4n) is 5.34. The molecule has 0 unspecified atom stereocenters. The molecule has 0 saturated carbocycles. The number of furan rings is 1. The van der Waals surface area contributed by atoms with Crippen LogP contribution in [0.1, 0.15) is 29.9 Å². The van der Waals surface area contributed by atoms with E-state index in [0.717, 1.165) is 10.0 Å². The summed E-state index contributed by atoms with van der Waals surface area (Å²) in [6.07, 6.45) is 1.71. The quantitative estimate of drug-likeness (QED) is 0.256. The third-order valence-electron chi connectivity index (χ3n) is 7.36. The molecule has 4 aromatic rings. The van der Waals surface area contributed by atoms with Crippen LogP contribution in [-0.4, -0.2) is 57.7 Å². The van der Waals surface area contributed by atoms with Gasteiger partial charge in [-0.3, -0.25) is 9.36 Å². The van der Waals surface area contributed by atoms with Gasteiger partial charge >= 0.3 is 5.97 Å². The van der Waals surface area contributed by atoms with Crippen LogP contribution in [-0.2, 0) is 14.3 Å². The van der Waals surface area contributed by atoms with E-state index in [1.54, 1.807) is 32.2 Å². The number of hydrogen-bond donors (Lipinski definition) is 0. The number of nitrogens with zero attached hydrogens (tertiary/aromatic N) is 3. The third kappa shape index (κ3) is 5.60. The van der Waals surface area contributed by atoms with E-state index in [9.17, 15) is 9.59 Å². The lowest BCUT2D eigenvalue weighted by molar-refractivity contribution is -0.138. The number of carbonyl (C=O) groups is 1. The second kappa shape index (κ2) is 12.8. The van der Waals surface area contributed by atoms with Gasteiger partial charge in [0.1, 0.15) is 5.76 Å². The van der Waals surface area contributed by atoms with Gasteiger partial charge in [0.25, 0.3) is 5.56 Å². The maximum atomic E-state index is 14.2. The summed E-state index contributed by atoms with van der Waals surface area (Å²) in [6, 6.07) is 15.7. The van der Waals surface area contributed by atoms with Crippen LogP contribution in [0.15, 0.2) is 78.8 Å². The van der Waals surface area contributed by atoms with Crippen LogP contribution < -0.4 is 29.3 Å². The zero-order valence-electron chi connectivity index (χ0n) is 24.4. The Morgan fingerprint density at radius 2 is 1.84 bits per heavy atom. The first-order valence-corrected chi connectivity index (χ1v) is 15.7. The maximum absolute atomic E-state index is 14.2. The second-order valence-electron chi connectivity index (χ2n) is 9.95. The molecule has 1 fully saturated rings. The number of halogens is 1. The number of esters is 1. The minimum Gasteiger partial charge on any atom is -0.493 e. The molecule has 2 aromatic heterocycles. The number of anilines is 1. The van der Waals surface area contributed by atoms with Crippen LogP contribution in [0.25, 0.3) is 11.8 Å². The third-order valence-corrected chi connectivity index (χ3v) is 8.91. The molecule has 0 spiro atoms. The Morgan fingerprint density at radius 3 is 2.55 bits per heavy atom. The molecule has 4 heterocycles. The highest BCUT2D eigenvalue weighted by atomic mass is 79.9. The number of carbonyl (C=O) groups excluding carboxylic acids is 1. The molecule has 10 nitrogen and oxygen atoms in total. The lowest BCUT2D eigenvalue weighted by Gasteiger charge is -2.26. The highest BCUT2D eigenvalue weighted by Crippen LogP contribution is 2.38. The monoisotopic (exact) mass is 679 g/mol. The van der Waals surface area contributed by atoms with Crippen molar-refractivity contribution in [2.45, 2.75) is 13.0 Å². The molecule has 0 N–H and O–H groups in total. The molecule has 228 valence electrons. The Kier molecular flexibility index (Phi) is 8.74. The zero-order valence-corrected chi connectivity index (χ0v) is 26.8. The number of morpholine rings is 1. The molecule has 2 aliphatic rings. The minimum atomic E-state index is -0.852. The molecule has 0 amide bonds. The van der Waals surface area contributed by atoms with Gasteiger partial charge in [-0.2, -0.15) is 0 Å². The number of hydrogen-bond acceptors (Lipinski definition) is 10. The van der Waals surface area contributed by atoms with Crippen LogP contribution in [0.4, 0.5) is 5.88 Å². The summed E-state index contributed by atoms with van der Waals surface area (Å²) in [5.41, 5.74) is 1.73. The summed E-state index contributed by atoms with van der Waals surface area (Å²) in [7, 11) is 3.09. The number of aromatic nitrogens is 1. The Balaban J connectivity index is 1.57. The van der Waals surface area contributed by atoms with Crippen molar-refractivity contribution in [1.29, 1.82) is 0 Å². The summed E-state index contributed by atoms with van der Waals surface area (Å²) in [4.78, 5) is 35.3. The van der Waals surface area contributed by atoms with Gasteiger partial charge in [-0.1, -0.05) is 47.7 Å². The van der Waals surface area contributed by atoms with Gasteiger partial charge < -0.3 is 28.3 Å². The van der Waals surface area contributed by atoms with Crippen molar-refractivity contribution in [2.75, 3.05) is 52.0 Å². The Hall–Kier alpha value is -4.13. The number of fused-ring (bicyclic) bond motifs is 1. The van der Waals surface area contributed by atoms with E-state index in [0.29, 0.717) is 70.0 Å². The highest BCUT2D eigenvalue weighted by molar-refractivity contribution is 9.10. The van der Waals surface area contributed by atoms with Crippen molar-refractivity contribution in [3.8, 4) is 11.5 Å². The first kappa shape index (κ1) is 29.9. The van der Waals surface area contributed by atoms with Gasteiger partial charge in [-0.05, 0) is 40.5 Å². The number of ether oxygens (including phenoxy) is 4. The predicted octanol–water partition coefficient (Wildman–Crippen LogP) is 4.14. The highest BCUT2D eigenvalue weighted by Gasteiger charge is 2.35. The van der Waals surface area contributed by atoms with Crippen molar-refractivity contribution in [3.63, 3.8) is 0 Å². The largest absolute Gasteiger partial charge is 0.493 e. The van der Waals surface area contributed by atoms with Crippen LogP contribution in [0.5, 0.6) is 11.5 Å². The summed E-state index contributed by atoms with van der Waals surface area (Å²) >= 11 is 4.83. The molecule has 2 aromatic carbocycles. The summed E-state index contributed by atoms with van der Waals surface area (Å²) in [6.45, 7) is 4.55. The standard InChI is InChI=1S/C32H30BrN3O7S/c1-4-42-31(38)26-27(19-8-6-5-7-9-19)34-32-36(28(26)20-10-11-23(39-2)24(16-20)40-3)29(37)25(44-32)18-21-17-22(33)30(43-21)35-12-14-41-15-13-35/h5-11,16-18,28H,4,12-15H2,1-3H3/b25-18+/t28-/m1/s1. The van der Waals surface area contributed by atoms with Crippen molar-refractivity contribution >= 4 is 50.9 Å².